The van der Waals surface area contributed by atoms with E-state index < -0.39 is 23.6 Å². The van der Waals surface area contributed by atoms with E-state index >= 15 is 0 Å². The number of aromatic nitrogens is 8. The van der Waals surface area contributed by atoms with Crippen LogP contribution in [-0.4, -0.2) is 143 Å². The van der Waals surface area contributed by atoms with E-state index in [-0.39, 0.29) is 64.9 Å². The molecule has 6 aromatic rings. The van der Waals surface area contributed by atoms with Crippen LogP contribution in [0.5, 0.6) is 0 Å². The Morgan fingerprint density at radius 3 is 1.70 bits per heavy atom. The van der Waals surface area contributed by atoms with Crippen LogP contribution in [0.2, 0.25) is 10.0 Å². The summed E-state index contributed by atoms with van der Waals surface area (Å²) in [6, 6.07) is 6.94. The molecule has 428 valence electrons. The molecular weight excluding hydrogens is 1060 g/mol. The fourth-order valence-electron chi connectivity index (χ4n) is 9.32. The molecule has 4 aromatic heterocycles. The number of nitrogens with zero attached hydrogens (tertiary/aromatic N) is 9. The molecule has 2 saturated heterocycles. The Balaban J connectivity index is 0.000000230. The maximum absolute atomic E-state index is 14.2. The number of H-pyrrole nitrogens is 2. The van der Waals surface area contributed by atoms with Crippen LogP contribution >= 0.6 is 23.2 Å². The number of benzene rings is 2. The fourth-order valence-corrected chi connectivity index (χ4v) is 10.2. The molecule has 24 heteroatoms. The zero-order valence-electron chi connectivity index (χ0n) is 47.8. The van der Waals surface area contributed by atoms with E-state index in [2.05, 4.69) is 99.2 Å². The molecule has 0 saturated carbocycles. The standard InChI is InChI=1S/C29H39ClF2N8O2.C26H36ClN7O3/c1-16(2)40-22(13-33-27-18-11-19(29(3,4)5)20(30)12-21(18)36-37-27)35-24(26(31)32)25(40)28(42)34-17-14-39(15-17)23(41)9-8-10-38(6)7;1-14-21(23(35)30-15-12-34(13-15)24(36)37-26(5,6)7)33(8)20(29-14)11-28-22-16-9-17(25(2,3)4)18(27)10-19(16)31-32-22/h8-9,11-12,16-17,26H,10,13-15H2,1-7H3,(H,34,42)(H2,33,36,37);9-10,15H,11-13H2,1-8H3,(H,30,35)(H2,28,31,32). The number of ether oxygens (including phenoxy) is 1. The number of aryl methyl sites for hydroxylation is 1. The SMILES string of the molecule is CC(C)n1c(CNc2n[nH]c3cc(Cl)c(C(C)(C)C)cc23)nc(C(F)F)c1C(=O)NC1CN(C(=O)C=CCN(C)C)C1.Cc1nc(CNc2n[nH]c3cc(Cl)c(C(C)(C)C)cc23)n(C)c1C(=O)NC1CN(C(=O)OC(C)(C)C)C1. The molecule has 6 N–H and O–H groups in total. The first-order valence-electron chi connectivity index (χ1n) is 26.3. The van der Waals surface area contributed by atoms with Gasteiger partial charge in [0.1, 0.15) is 34.3 Å². The van der Waals surface area contributed by atoms with Crippen molar-refractivity contribution in [2.45, 2.75) is 137 Å². The van der Waals surface area contributed by atoms with E-state index in [0.29, 0.717) is 78.2 Å². The first-order valence-corrected chi connectivity index (χ1v) is 27.0. The fraction of sp³-hybridized carbons (Fsp3) is 0.527. The van der Waals surface area contributed by atoms with Crippen LogP contribution < -0.4 is 21.3 Å². The quantitative estimate of drug-likeness (QED) is 0.0529. The lowest BCUT2D eigenvalue weighted by molar-refractivity contribution is -0.130. The summed E-state index contributed by atoms with van der Waals surface area (Å²) in [5.74, 6) is 1.18. The summed E-state index contributed by atoms with van der Waals surface area (Å²) in [5.41, 5.74) is 3.07. The van der Waals surface area contributed by atoms with Crippen LogP contribution in [0.25, 0.3) is 21.8 Å². The average Bonchev–Trinajstić information content (AvgIpc) is 4.24. The topological polar surface area (TPSA) is 228 Å². The second-order valence-electron chi connectivity index (χ2n) is 23.8. The molecule has 6 heterocycles. The zero-order valence-corrected chi connectivity index (χ0v) is 49.3. The van der Waals surface area contributed by atoms with Gasteiger partial charge in [0.2, 0.25) is 5.91 Å². The van der Waals surface area contributed by atoms with Gasteiger partial charge >= 0.3 is 6.09 Å². The van der Waals surface area contributed by atoms with E-state index in [9.17, 15) is 28.0 Å². The van der Waals surface area contributed by atoms with Crippen LogP contribution in [0.1, 0.15) is 144 Å². The molecular formula is C55H75Cl2F2N15O5. The third kappa shape index (κ3) is 14.0. The summed E-state index contributed by atoms with van der Waals surface area (Å²) < 4.78 is 37.0. The number of nitrogens with one attached hydrogen (secondary N) is 6. The highest BCUT2D eigenvalue weighted by atomic mass is 35.5. The highest BCUT2D eigenvalue weighted by Crippen LogP contribution is 2.37. The minimum atomic E-state index is -2.95. The van der Waals surface area contributed by atoms with Gasteiger partial charge in [-0.15, -0.1) is 0 Å². The lowest BCUT2D eigenvalue weighted by Gasteiger charge is -2.39. The number of rotatable bonds is 15. The van der Waals surface area contributed by atoms with E-state index in [4.69, 9.17) is 27.9 Å². The van der Waals surface area contributed by atoms with Gasteiger partial charge in [0, 0.05) is 72.7 Å². The Morgan fingerprint density at radius 2 is 1.24 bits per heavy atom. The van der Waals surface area contributed by atoms with Crippen molar-refractivity contribution in [3.8, 4) is 0 Å². The summed E-state index contributed by atoms with van der Waals surface area (Å²) in [4.78, 5) is 64.7. The molecule has 20 nitrogen and oxygen atoms in total. The molecule has 2 fully saturated rings. The molecule has 79 heavy (non-hydrogen) atoms. The second kappa shape index (κ2) is 23.5. The molecule has 8 rings (SSSR count). The van der Waals surface area contributed by atoms with Gasteiger partial charge in [-0.3, -0.25) is 24.6 Å². The average molecular weight is 1140 g/mol. The first-order chi connectivity index (χ1) is 36.8. The van der Waals surface area contributed by atoms with Crippen LogP contribution in [0.4, 0.5) is 25.2 Å². The van der Waals surface area contributed by atoms with E-state index in [1.54, 1.807) is 20.4 Å². The number of fused-ring (bicyclic) bond motifs is 2. The van der Waals surface area contributed by atoms with Crippen LogP contribution in [0, 0.1) is 6.92 Å². The number of hydrogen-bond donors (Lipinski definition) is 6. The van der Waals surface area contributed by atoms with E-state index in [1.807, 2.05) is 85.8 Å². The number of aromatic amines is 2. The molecule has 2 aliphatic rings. The Hall–Kier alpha value is -6.78. The van der Waals surface area contributed by atoms with Crippen LogP contribution in [-0.2, 0) is 40.5 Å². The van der Waals surface area contributed by atoms with Gasteiger partial charge < -0.3 is 49.8 Å². The third-order valence-corrected chi connectivity index (χ3v) is 14.0. The Kier molecular flexibility index (Phi) is 17.8. The Morgan fingerprint density at radius 1 is 0.759 bits per heavy atom. The molecule has 2 aliphatic heterocycles. The minimum Gasteiger partial charge on any atom is -0.444 e. The molecule has 0 unspecified atom stereocenters. The number of carbonyl (C=O) groups excluding carboxylic acids is 4. The predicted octanol–water partition coefficient (Wildman–Crippen LogP) is 9.42. The molecule has 0 radical (unpaired) electrons. The van der Waals surface area contributed by atoms with Crippen molar-refractivity contribution in [3.05, 3.63) is 92.0 Å². The van der Waals surface area contributed by atoms with Crippen molar-refractivity contribution >= 4 is 80.5 Å². The molecule has 4 amide bonds. The van der Waals surface area contributed by atoms with Gasteiger partial charge in [-0.05, 0) is 102 Å². The Bertz CT molecular complexity index is 3250. The largest absolute Gasteiger partial charge is 0.444 e. The number of carbonyl (C=O) groups is 4. The number of likely N-dealkylation sites (N-methyl/N-ethyl adjacent to an activating group) is 1. The number of imidazole rings is 2. The lowest BCUT2D eigenvalue weighted by Crippen LogP contribution is -2.61. The zero-order chi connectivity index (χ0) is 58.2. The monoisotopic (exact) mass is 1130 g/mol. The molecule has 0 atom stereocenters. The first kappa shape index (κ1) is 59.9. The van der Waals surface area contributed by atoms with E-state index in [1.165, 1.54) is 10.6 Å². The number of alkyl halides is 2. The van der Waals surface area contributed by atoms with Gasteiger partial charge in [0.15, 0.2) is 11.6 Å². The van der Waals surface area contributed by atoms with Crippen molar-refractivity contribution in [2.24, 2.45) is 7.05 Å². The summed E-state index contributed by atoms with van der Waals surface area (Å²) >= 11 is 13.0. The molecule has 0 aliphatic carbocycles. The predicted molar refractivity (Wildman–Crippen MR) is 304 cm³/mol. The number of likely N-dealkylation sites (tertiary alicyclic amines) is 2. The number of anilines is 2. The normalized spacial score (nSPS) is 14.6. The molecule has 2 aromatic carbocycles. The van der Waals surface area contributed by atoms with Crippen molar-refractivity contribution in [1.29, 1.82) is 0 Å². The summed E-state index contributed by atoms with van der Waals surface area (Å²) in [7, 11) is 5.62. The highest BCUT2D eigenvalue weighted by molar-refractivity contribution is 6.32. The van der Waals surface area contributed by atoms with Gasteiger partial charge in [0.25, 0.3) is 18.2 Å². The van der Waals surface area contributed by atoms with Crippen molar-refractivity contribution in [1.82, 2.24) is 64.8 Å². The third-order valence-electron chi connectivity index (χ3n) is 13.4. The summed E-state index contributed by atoms with van der Waals surface area (Å²) in [5, 5.41) is 30.2. The summed E-state index contributed by atoms with van der Waals surface area (Å²) in [6.45, 7) is 26.0. The second-order valence-corrected chi connectivity index (χ2v) is 24.6. The summed E-state index contributed by atoms with van der Waals surface area (Å²) in [6.07, 6.45) is -0.0507. The highest BCUT2D eigenvalue weighted by Gasteiger charge is 2.37. The minimum absolute atomic E-state index is 0.0591. The van der Waals surface area contributed by atoms with Gasteiger partial charge in [0.05, 0.1) is 41.9 Å². The van der Waals surface area contributed by atoms with Crippen molar-refractivity contribution in [2.75, 3.05) is 57.5 Å². The molecule has 0 spiro atoms. The number of halogens is 4. The number of amides is 4. The van der Waals surface area contributed by atoms with Crippen molar-refractivity contribution < 1.29 is 32.7 Å². The number of hydrogen-bond acceptors (Lipinski definition) is 12. The maximum Gasteiger partial charge on any atom is 0.410 e. The molecule has 0 bridgehead atoms. The lowest BCUT2D eigenvalue weighted by atomic mass is 9.86. The smallest absolute Gasteiger partial charge is 0.410 e. The van der Waals surface area contributed by atoms with E-state index in [0.717, 1.165) is 32.9 Å². The van der Waals surface area contributed by atoms with Gasteiger partial charge in [-0.25, -0.2) is 23.5 Å². The van der Waals surface area contributed by atoms with Crippen LogP contribution in [0.15, 0.2) is 36.4 Å². The maximum atomic E-state index is 14.2. The van der Waals surface area contributed by atoms with Crippen molar-refractivity contribution in [3.63, 3.8) is 0 Å². The van der Waals surface area contributed by atoms with Gasteiger partial charge in [-0.2, -0.15) is 10.2 Å². The Labute approximate surface area is 469 Å². The van der Waals surface area contributed by atoms with Crippen LogP contribution in [0.3, 0.4) is 0 Å². The van der Waals surface area contributed by atoms with Gasteiger partial charge in [-0.1, -0.05) is 70.8 Å².